The van der Waals surface area contributed by atoms with Crippen LogP contribution in [0.4, 0.5) is 8.78 Å². The molecule has 15 heteroatoms. The Bertz CT molecular complexity index is 2170. The highest BCUT2D eigenvalue weighted by atomic mass is 32.2. The predicted octanol–water partition coefficient (Wildman–Crippen LogP) is 7.26. The predicted molar refractivity (Wildman–Crippen MR) is 220 cm³/mol. The number of fused-ring (bicyclic) bond motifs is 5. The number of carbonyl (C=O) groups excluding carboxylic acids is 4. The van der Waals surface area contributed by atoms with Crippen LogP contribution in [0, 0.1) is 29.1 Å². The second-order valence-electron chi connectivity index (χ2n) is 18.9. The van der Waals surface area contributed by atoms with E-state index >= 15 is 4.79 Å². The monoisotopic (exact) mass is 855 g/mol. The average molecular weight is 856 g/mol. The quantitative estimate of drug-likeness (QED) is 0.191. The summed E-state index contributed by atoms with van der Waals surface area (Å²) in [6, 6.07) is 6.56. The van der Waals surface area contributed by atoms with Gasteiger partial charge in [-0.1, -0.05) is 50.6 Å². The molecule has 0 radical (unpaired) electrons. The molecule has 1 aromatic carbocycles. The summed E-state index contributed by atoms with van der Waals surface area (Å²) in [5, 5.41) is 1.67. The van der Waals surface area contributed by atoms with Crippen LogP contribution in [0.3, 0.4) is 0 Å². The van der Waals surface area contributed by atoms with Gasteiger partial charge < -0.3 is 19.1 Å². The van der Waals surface area contributed by atoms with Crippen LogP contribution in [0.1, 0.15) is 118 Å². The molecule has 5 aliphatic rings. The van der Waals surface area contributed by atoms with Gasteiger partial charge in [0.05, 0.1) is 41.7 Å². The highest BCUT2D eigenvalue weighted by Gasteiger charge is 2.63. The van der Waals surface area contributed by atoms with Crippen molar-refractivity contribution in [3.63, 3.8) is 0 Å². The molecule has 1 saturated heterocycles. The number of hydrogen-bond acceptors (Lipinski definition) is 10. The minimum Gasteiger partial charge on any atom is -0.477 e. The summed E-state index contributed by atoms with van der Waals surface area (Å²) in [4.78, 5) is 63.8. The molecule has 4 heterocycles. The minimum absolute atomic E-state index is 0.0343. The van der Waals surface area contributed by atoms with E-state index in [0.29, 0.717) is 51.5 Å². The van der Waals surface area contributed by atoms with Gasteiger partial charge in [-0.05, 0) is 101 Å². The molecule has 0 bridgehead atoms. The van der Waals surface area contributed by atoms with Crippen LogP contribution in [0.25, 0.3) is 10.8 Å². The SMILES string of the molecule is CC[C@@H]1C[C@@H](C)CC/C=C\[C@@H]2C[C@@]2(C(=O)NS(=O)(=O)C2(C)CC2)CC(=O)[C@@H]2C[C@@H](Oc3nc4c(c5ccccc35)CCCO4)CN2C(=O)[C@H]1CC(=O)OC(C)(C)C(C)(F)F. The lowest BCUT2D eigenvalue weighted by Crippen LogP contribution is -2.49. The lowest BCUT2D eigenvalue weighted by atomic mass is 9.79. The van der Waals surface area contributed by atoms with E-state index in [2.05, 4.69) is 11.6 Å². The highest BCUT2D eigenvalue weighted by molar-refractivity contribution is 7.91. The van der Waals surface area contributed by atoms with E-state index in [-0.39, 0.29) is 43.5 Å². The molecule has 0 unspecified atom stereocenters. The van der Waals surface area contributed by atoms with Gasteiger partial charge in [-0.2, -0.15) is 4.98 Å². The molecule has 0 spiro atoms. The van der Waals surface area contributed by atoms with Gasteiger partial charge in [0.1, 0.15) is 6.10 Å². The van der Waals surface area contributed by atoms with Crippen molar-refractivity contribution in [2.45, 2.75) is 147 Å². The maximum absolute atomic E-state index is 15.2. The molecule has 1 aromatic heterocycles. The fraction of sp³-hybridized carbons (Fsp3) is 0.667. The fourth-order valence-electron chi connectivity index (χ4n) is 9.23. The molecule has 2 aliphatic carbocycles. The Kier molecular flexibility index (Phi) is 11.9. The summed E-state index contributed by atoms with van der Waals surface area (Å²) in [6.45, 7) is 8.93. The number of sulfonamides is 1. The summed E-state index contributed by atoms with van der Waals surface area (Å²) in [6.07, 6.45) is 7.50. The van der Waals surface area contributed by atoms with Crippen molar-refractivity contribution in [3.05, 3.63) is 42.0 Å². The number of alkyl halides is 2. The molecule has 60 heavy (non-hydrogen) atoms. The Hall–Kier alpha value is -4.14. The van der Waals surface area contributed by atoms with Crippen LogP contribution in [-0.4, -0.2) is 83.4 Å². The first kappa shape index (κ1) is 43.9. The number of carbonyl (C=O) groups is 4. The van der Waals surface area contributed by atoms with Crippen molar-refractivity contribution in [2.75, 3.05) is 13.2 Å². The molecule has 7 rings (SSSR count). The number of aromatic nitrogens is 1. The second kappa shape index (κ2) is 16.3. The normalized spacial score (nSPS) is 30.1. The number of ketones is 1. The van der Waals surface area contributed by atoms with Crippen LogP contribution in [-0.2, 0) is 40.4 Å². The number of halogens is 2. The highest BCUT2D eigenvalue weighted by Crippen LogP contribution is 2.58. The second-order valence-corrected chi connectivity index (χ2v) is 21.1. The van der Waals surface area contributed by atoms with Crippen LogP contribution in [0.2, 0.25) is 0 Å². The van der Waals surface area contributed by atoms with Gasteiger partial charge in [0.2, 0.25) is 33.6 Å². The molecule has 7 atom stereocenters. The van der Waals surface area contributed by atoms with Gasteiger partial charge in [0, 0.05) is 30.7 Å². The molecule has 3 fully saturated rings. The number of nitrogens with zero attached hydrogens (tertiary/aromatic N) is 2. The number of hydrogen-bond donors (Lipinski definition) is 1. The molecule has 2 saturated carbocycles. The van der Waals surface area contributed by atoms with Gasteiger partial charge in [0.15, 0.2) is 11.4 Å². The summed E-state index contributed by atoms with van der Waals surface area (Å²) in [5.74, 6) is -6.94. The first-order valence-corrected chi connectivity index (χ1v) is 23.0. The lowest BCUT2D eigenvalue weighted by molar-refractivity contribution is -0.197. The van der Waals surface area contributed by atoms with Crippen molar-refractivity contribution in [2.24, 2.45) is 29.1 Å². The van der Waals surface area contributed by atoms with Gasteiger partial charge in [0.25, 0.3) is 5.92 Å². The third-order valence-electron chi connectivity index (χ3n) is 14.0. The van der Waals surface area contributed by atoms with E-state index in [1.54, 1.807) is 6.92 Å². The first-order valence-electron chi connectivity index (χ1n) is 21.6. The third kappa shape index (κ3) is 8.66. The number of nitrogens with one attached hydrogen (secondary N) is 1. The van der Waals surface area contributed by atoms with E-state index in [1.165, 1.54) is 4.90 Å². The van der Waals surface area contributed by atoms with E-state index in [4.69, 9.17) is 19.2 Å². The van der Waals surface area contributed by atoms with Crippen molar-refractivity contribution >= 4 is 44.4 Å². The van der Waals surface area contributed by atoms with E-state index in [0.717, 1.165) is 49.4 Å². The number of Topliss-reactive ketones (excluding diaryl/α,β-unsaturated/α-hetero) is 1. The molecule has 12 nitrogen and oxygen atoms in total. The zero-order chi connectivity index (χ0) is 43.4. The van der Waals surface area contributed by atoms with Crippen LogP contribution in [0.15, 0.2) is 36.4 Å². The van der Waals surface area contributed by atoms with Gasteiger partial charge in [-0.15, -0.1) is 0 Å². The van der Waals surface area contributed by atoms with Crippen LogP contribution < -0.4 is 14.2 Å². The van der Waals surface area contributed by atoms with Crippen molar-refractivity contribution in [1.29, 1.82) is 0 Å². The number of rotatable bonds is 10. The Labute approximate surface area is 351 Å². The van der Waals surface area contributed by atoms with Gasteiger partial charge in [-0.25, -0.2) is 17.2 Å². The first-order chi connectivity index (χ1) is 28.2. The maximum atomic E-state index is 15.2. The zero-order valence-corrected chi connectivity index (χ0v) is 36.4. The number of allylic oxidation sites excluding steroid dienone is 2. The van der Waals surface area contributed by atoms with Crippen molar-refractivity contribution in [1.82, 2.24) is 14.6 Å². The number of ether oxygens (including phenoxy) is 3. The zero-order valence-electron chi connectivity index (χ0n) is 35.6. The van der Waals surface area contributed by atoms with Crippen LogP contribution >= 0.6 is 0 Å². The van der Waals surface area contributed by atoms with Crippen molar-refractivity contribution in [3.8, 4) is 11.8 Å². The minimum atomic E-state index is -4.01. The molecule has 2 amide bonds. The van der Waals surface area contributed by atoms with Crippen LogP contribution in [0.5, 0.6) is 11.8 Å². The summed E-state index contributed by atoms with van der Waals surface area (Å²) in [7, 11) is -4.01. The summed E-state index contributed by atoms with van der Waals surface area (Å²) in [5.41, 5.74) is -2.51. The molecule has 328 valence electrons. The Morgan fingerprint density at radius 2 is 1.82 bits per heavy atom. The fourth-order valence-corrected chi connectivity index (χ4v) is 10.6. The number of pyridine rings is 1. The smallest absolute Gasteiger partial charge is 0.307 e. The summed E-state index contributed by atoms with van der Waals surface area (Å²) >= 11 is 0. The number of esters is 1. The molecule has 3 aliphatic heterocycles. The Morgan fingerprint density at radius 1 is 1.10 bits per heavy atom. The Morgan fingerprint density at radius 3 is 2.50 bits per heavy atom. The number of benzene rings is 1. The van der Waals surface area contributed by atoms with Gasteiger partial charge >= 0.3 is 5.97 Å². The summed E-state index contributed by atoms with van der Waals surface area (Å²) < 4.78 is 74.9. The number of amides is 2. The number of aryl methyl sites for hydroxylation is 1. The van der Waals surface area contributed by atoms with E-state index in [1.807, 2.05) is 43.3 Å². The third-order valence-corrected chi connectivity index (χ3v) is 16.1. The van der Waals surface area contributed by atoms with Crippen molar-refractivity contribution < 1.29 is 50.6 Å². The van der Waals surface area contributed by atoms with E-state index < -0.39 is 85.7 Å². The maximum Gasteiger partial charge on any atom is 0.307 e. The standard InChI is InChI=1S/C45H59F2N3O9S/c1-7-28-21-27(2)13-8-9-14-29-24-45(29,41(54)49-60(55,56)43(5)18-19-43)25-36(51)35-22-30(26-50(35)40(53)34(28)23-37(52)59-42(3,4)44(6,46)47)58-39-33-16-11-10-15-31(33)32-17-12-20-57-38(32)48-39/h9-11,14-16,27-30,34-35H,7-8,12-13,17-26H2,1-6H3,(H,49,54)/b14-9-/t27-,28+,29+,30+,34-,35-,45+/m0/s1. The largest absolute Gasteiger partial charge is 0.477 e. The molecule has 2 aromatic rings. The molecular formula is C45H59F2N3O9S. The Balaban J connectivity index is 1.25. The van der Waals surface area contributed by atoms with E-state index in [9.17, 15) is 31.6 Å². The molecular weight excluding hydrogens is 797 g/mol. The average Bonchev–Trinajstić information content (AvgIpc) is 4.07. The van der Waals surface area contributed by atoms with Gasteiger partial charge in [-0.3, -0.25) is 23.9 Å². The molecule has 1 N–H and O–H groups in total. The topological polar surface area (TPSA) is 158 Å². The lowest BCUT2D eigenvalue weighted by Gasteiger charge is -2.35.